The Bertz CT molecular complexity index is 3270. The number of benzene rings is 8. The highest BCUT2D eigenvalue weighted by atomic mass is 16.3. The van der Waals surface area contributed by atoms with E-state index in [4.69, 9.17) is 24.4 Å². The molecule has 0 aliphatic heterocycles. The van der Waals surface area contributed by atoms with Crippen molar-refractivity contribution < 1.29 is 4.42 Å². The second-order valence-electron chi connectivity index (χ2n) is 14.2. The van der Waals surface area contributed by atoms with Gasteiger partial charge in [0.2, 0.25) is 0 Å². The van der Waals surface area contributed by atoms with E-state index in [0.29, 0.717) is 17.5 Å². The van der Waals surface area contributed by atoms with Crippen molar-refractivity contribution in [3.63, 3.8) is 0 Å². The molecule has 0 N–H and O–H groups in total. The minimum atomic E-state index is 0.615. The SMILES string of the molecule is c1ccc(-c2cccc(-c3nc(-c4ccccc4)nc(-c4ccc(-c5cccc6oc7c(ccc8c(-c9ccccc9)nc9ccccc9c87)c56)cc4)n3)c2)cc1. The Hall–Kier alpha value is -7.76. The van der Waals surface area contributed by atoms with Crippen LogP contribution >= 0.6 is 0 Å². The van der Waals surface area contributed by atoms with Gasteiger partial charge in [-0.2, -0.15) is 0 Å². The van der Waals surface area contributed by atoms with Gasteiger partial charge in [-0.3, -0.25) is 0 Å². The van der Waals surface area contributed by atoms with Gasteiger partial charge in [-0.25, -0.2) is 19.9 Å². The molecule has 0 spiro atoms. The fourth-order valence-corrected chi connectivity index (χ4v) is 7.99. The third kappa shape index (κ3) is 5.72. The predicted molar refractivity (Wildman–Crippen MR) is 233 cm³/mol. The topological polar surface area (TPSA) is 64.7 Å². The van der Waals surface area contributed by atoms with Gasteiger partial charge in [-0.05, 0) is 46.5 Å². The molecule has 3 heterocycles. The van der Waals surface area contributed by atoms with Crippen molar-refractivity contribution >= 4 is 43.6 Å². The molecule has 0 atom stereocenters. The van der Waals surface area contributed by atoms with E-state index in [2.05, 4.69) is 146 Å². The lowest BCUT2D eigenvalue weighted by atomic mass is 9.95. The first-order chi connectivity index (χ1) is 28.2. The first-order valence-electron chi connectivity index (χ1n) is 19.1. The molecule has 0 aliphatic carbocycles. The Morgan fingerprint density at radius 1 is 0.316 bits per heavy atom. The summed E-state index contributed by atoms with van der Waals surface area (Å²) in [7, 11) is 0. The molecule has 5 nitrogen and oxygen atoms in total. The van der Waals surface area contributed by atoms with Crippen LogP contribution in [0.3, 0.4) is 0 Å². The molecule has 0 saturated carbocycles. The fraction of sp³-hybridized carbons (Fsp3) is 0. The molecular formula is C52H32N4O. The molecule has 11 rings (SSSR count). The first kappa shape index (κ1) is 32.7. The van der Waals surface area contributed by atoms with Crippen LogP contribution in [0.1, 0.15) is 0 Å². The summed E-state index contributed by atoms with van der Waals surface area (Å²) in [5.41, 5.74) is 11.9. The van der Waals surface area contributed by atoms with E-state index in [-0.39, 0.29) is 0 Å². The van der Waals surface area contributed by atoms with Crippen LogP contribution in [0.2, 0.25) is 0 Å². The van der Waals surface area contributed by atoms with E-state index < -0.39 is 0 Å². The van der Waals surface area contributed by atoms with Gasteiger partial charge < -0.3 is 4.42 Å². The molecule has 57 heavy (non-hydrogen) atoms. The van der Waals surface area contributed by atoms with Crippen molar-refractivity contribution in [2.75, 3.05) is 0 Å². The molecule has 11 aromatic rings. The summed E-state index contributed by atoms with van der Waals surface area (Å²) in [5.74, 6) is 1.87. The Balaban J connectivity index is 1.04. The van der Waals surface area contributed by atoms with E-state index in [9.17, 15) is 0 Å². The van der Waals surface area contributed by atoms with Gasteiger partial charge in [0.15, 0.2) is 17.5 Å². The lowest BCUT2D eigenvalue weighted by molar-refractivity contribution is 0.673. The standard InChI is InChI=1S/C52H32N4O/c1-4-14-33(15-5-1)38-20-12-21-39(32-38)52-55-50(36-18-8-3-9-19-36)54-51(56-52)37-28-26-34(27-29-37)40-23-13-25-45-46(40)43-31-30-42-47(49(43)57-45)41-22-10-11-24-44(41)53-48(42)35-16-6-2-7-17-35/h1-32H. The summed E-state index contributed by atoms with van der Waals surface area (Å²) >= 11 is 0. The summed E-state index contributed by atoms with van der Waals surface area (Å²) in [6, 6.07) is 66.8. The number of nitrogens with zero attached hydrogens (tertiary/aromatic N) is 4. The smallest absolute Gasteiger partial charge is 0.164 e. The molecule has 0 fully saturated rings. The van der Waals surface area contributed by atoms with Gasteiger partial charge in [0, 0.05) is 49.2 Å². The Labute approximate surface area is 328 Å². The fourth-order valence-electron chi connectivity index (χ4n) is 7.99. The summed E-state index contributed by atoms with van der Waals surface area (Å²) in [4.78, 5) is 20.2. The number of rotatable bonds is 6. The summed E-state index contributed by atoms with van der Waals surface area (Å²) in [6.07, 6.45) is 0. The van der Waals surface area contributed by atoms with Crippen molar-refractivity contribution in [1.82, 2.24) is 19.9 Å². The molecule has 8 aromatic carbocycles. The summed E-state index contributed by atoms with van der Waals surface area (Å²) < 4.78 is 6.81. The number of para-hydroxylation sites is 1. The third-order valence-corrected chi connectivity index (χ3v) is 10.7. The third-order valence-electron chi connectivity index (χ3n) is 10.7. The number of hydrogen-bond donors (Lipinski definition) is 0. The molecule has 3 aromatic heterocycles. The van der Waals surface area contributed by atoms with Crippen LogP contribution in [0.4, 0.5) is 0 Å². The molecule has 0 aliphatic rings. The number of hydrogen-bond acceptors (Lipinski definition) is 5. The zero-order chi connectivity index (χ0) is 37.7. The number of fused-ring (bicyclic) bond motifs is 7. The lowest BCUT2D eigenvalue weighted by Crippen LogP contribution is -2.00. The van der Waals surface area contributed by atoms with E-state index >= 15 is 0 Å². The predicted octanol–water partition coefficient (Wildman–Crippen LogP) is 13.5. The zero-order valence-electron chi connectivity index (χ0n) is 30.7. The minimum absolute atomic E-state index is 0.615. The van der Waals surface area contributed by atoms with Crippen LogP contribution in [0.25, 0.3) is 111 Å². The van der Waals surface area contributed by atoms with Crippen LogP contribution in [0, 0.1) is 0 Å². The normalized spacial score (nSPS) is 11.5. The largest absolute Gasteiger partial charge is 0.455 e. The van der Waals surface area contributed by atoms with Gasteiger partial charge in [0.05, 0.1) is 11.2 Å². The molecular weight excluding hydrogens is 697 g/mol. The summed E-state index contributed by atoms with van der Waals surface area (Å²) in [5, 5.41) is 5.36. The Morgan fingerprint density at radius 2 is 0.860 bits per heavy atom. The second kappa shape index (κ2) is 13.5. The molecule has 0 amide bonds. The van der Waals surface area contributed by atoms with Crippen LogP contribution < -0.4 is 0 Å². The van der Waals surface area contributed by atoms with E-state index in [1.54, 1.807) is 0 Å². The average molecular weight is 729 g/mol. The highest BCUT2D eigenvalue weighted by Crippen LogP contribution is 2.43. The van der Waals surface area contributed by atoms with Gasteiger partial charge in [-0.1, -0.05) is 170 Å². The molecule has 0 unspecified atom stereocenters. The molecule has 0 saturated heterocycles. The molecule has 0 bridgehead atoms. The van der Waals surface area contributed by atoms with Crippen molar-refractivity contribution in [2.45, 2.75) is 0 Å². The van der Waals surface area contributed by atoms with E-state index in [1.807, 2.05) is 48.5 Å². The maximum absolute atomic E-state index is 6.81. The van der Waals surface area contributed by atoms with E-state index in [0.717, 1.165) is 93.8 Å². The summed E-state index contributed by atoms with van der Waals surface area (Å²) in [6.45, 7) is 0. The van der Waals surface area contributed by atoms with Crippen LogP contribution in [-0.2, 0) is 0 Å². The molecule has 0 radical (unpaired) electrons. The first-order valence-corrected chi connectivity index (χ1v) is 19.1. The van der Waals surface area contributed by atoms with Gasteiger partial charge in [-0.15, -0.1) is 0 Å². The van der Waals surface area contributed by atoms with Crippen molar-refractivity contribution in [3.05, 3.63) is 194 Å². The van der Waals surface area contributed by atoms with Gasteiger partial charge in [0.1, 0.15) is 11.2 Å². The second-order valence-corrected chi connectivity index (χ2v) is 14.2. The highest BCUT2D eigenvalue weighted by molar-refractivity contribution is 6.26. The number of furan rings is 1. The maximum atomic E-state index is 6.81. The highest BCUT2D eigenvalue weighted by Gasteiger charge is 2.20. The number of pyridine rings is 1. The zero-order valence-corrected chi connectivity index (χ0v) is 30.7. The Kier molecular flexibility index (Phi) is 7.74. The van der Waals surface area contributed by atoms with Crippen LogP contribution in [-0.4, -0.2) is 19.9 Å². The van der Waals surface area contributed by atoms with Crippen molar-refractivity contribution in [2.24, 2.45) is 0 Å². The van der Waals surface area contributed by atoms with Crippen LogP contribution in [0.15, 0.2) is 199 Å². The van der Waals surface area contributed by atoms with Gasteiger partial charge >= 0.3 is 0 Å². The quantitative estimate of drug-likeness (QED) is 0.160. The minimum Gasteiger partial charge on any atom is -0.455 e. The number of aromatic nitrogens is 4. The molecule has 266 valence electrons. The van der Waals surface area contributed by atoms with Crippen molar-refractivity contribution in [1.29, 1.82) is 0 Å². The lowest BCUT2D eigenvalue weighted by Gasteiger charge is -2.11. The average Bonchev–Trinajstić information content (AvgIpc) is 3.69. The Morgan fingerprint density at radius 3 is 1.60 bits per heavy atom. The van der Waals surface area contributed by atoms with Crippen LogP contribution in [0.5, 0.6) is 0 Å². The monoisotopic (exact) mass is 728 g/mol. The van der Waals surface area contributed by atoms with E-state index in [1.165, 1.54) is 0 Å². The molecule has 5 heteroatoms. The van der Waals surface area contributed by atoms with Gasteiger partial charge in [0.25, 0.3) is 0 Å². The maximum Gasteiger partial charge on any atom is 0.164 e. The van der Waals surface area contributed by atoms with Crippen molar-refractivity contribution in [3.8, 4) is 67.7 Å².